The first-order valence-electron chi connectivity index (χ1n) is 7.46. The Morgan fingerprint density at radius 3 is 3.05 bits per heavy atom. The van der Waals surface area contributed by atoms with Crippen molar-refractivity contribution in [1.29, 1.82) is 0 Å². The maximum Gasteiger partial charge on any atom is 0.259 e. The second-order valence-electron chi connectivity index (χ2n) is 5.91. The van der Waals surface area contributed by atoms with Crippen molar-refractivity contribution < 1.29 is 9.32 Å². The quantitative estimate of drug-likeness (QED) is 0.898. The smallest absolute Gasteiger partial charge is 0.259 e. The van der Waals surface area contributed by atoms with Gasteiger partial charge in [-0.2, -0.15) is 0 Å². The Morgan fingerprint density at radius 2 is 2.27 bits per heavy atom. The molecule has 0 atom stereocenters. The molecule has 22 heavy (non-hydrogen) atoms. The first-order chi connectivity index (χ1) is 10.6. The van der Waals surface area contributed by atoms with Crippen molar-refractivity contribution in [1.82, 2.24) is 20.0 Å². The summed E-state index contributed by atoms with van der Waals surface area (Å²) in [5.41, 5.74) is 2.52. The van der Waals surface area contributed by atoms with Crippen molar-refractivity contribution in [2.75, 3.05) is 6.54 Å². The number of nitrogens with one attached hydrogen (secondary N) is 1. The number of H-pyrrole nitrogens is 1. The molecule has 0 bridgehead atoms. The highest BCUT2D eigenvalue weighted by atomic mass is 16.5. The second-order valence-corrected chi connectivity index (χ2v) is 5.91. The van der Waals surface area contributed by atoms with Crippen LogP contribution in [0.3, 0.4) is 0 Å². The van der Waals surface area contributed by atoms with Gasteiger partial charge in [0.1, 0.15) is 11.3 Å². The number of carbonyl (C=O) groups is 1. The zero-order valence-corrected chi connectivity index (χ0v) is 12.3. The lowest BCUT2D eigenvalue weighted by molar-refractivity contribution is 0.0729. The summed E-state index contributed by atoms with van der Waals surface area (Å²) in [6, 6.07) is 0. The van der Waals surface area contributed by atoms with Gasteiger partial charge in [0.05, 0.1) is 29.8 Å². The molecule has 3 heterocycles. The van der Waals surface area contributed by atoms with E-state index in [0.717, 1.165) is 24.2 Å². The zero-order chi connectivity index (χ0) is 15.3. The zero-order valence-electron chi connectivity index (χ0n) is 12.3. The van der Waals surface area contributed by atoms with Crippen LogP contribution in [0.25, 0.3) is 0 Å². The van der Waals surface area contributed by atoms with Crippen LogP contribution in [0.15, 0.2) is 15.6 Å². The molecule has 1 N–H and O–H groups in total. The normalized spacial score (nSPS) is 17.4. The third-order valence-electron chi connectivity index (χ3n) is 4.36. The van der Waals surface area contributed by atoms with Crippen LogP contribution in [0.4, 0.5) is 0 Å². The molecule has 1 amide bonds. The molecular formula is C15H16N4O3. The number of hydrogen-bond donors (Lipinski definition) is 1. The van der Waals surface area contributed by atoms with Gasteiger partial charge in [-0.05, 0) is 19.8 Å². The third kappa shape index (κ3) is 2.04. The number of fused-ring (bicyclic) bond motifs is 1. The molecule has 1 saturated carbocycles. The number of aromatic amines is 1. The molecule has 7 heteroatoms. The van der Waals surface area contributed by atoms with Crippen LogP contribution in [-0.4, -0.2) is 32.5 Å². The summed E-state index contributed by atoms with van der Waals surface area (Å²) in [4.78, 5) is 33.2. The molecule has 2 aromatic rings. The van der Waals surface area contributed by atoms with E-state index in [1.54, 1.807) is 11.8 Å². The summed E-state index contributed by atoms with van der Waals surface area (Å²) in [5.74, 6) is 0.797. The van der Waals surface area contributed by atoms with Crippen LogP contribution < -0.4 is 5.56 Å². The molecule has 0 unspecified atom stereocenters. The van der Waals surface area contributed by atoms with E-state index in [0.29, 0.717) is 35.8 Å². The van der Waals surface area contributed by atoms with Crippen molar-refractivity contribution in [3.63, 3.8) is 0 Å². The van der Waals surface area contributed by atoms with Crippen LogP contribution in [0.5, 0.6) is 0 Å². The Labute approximate surface area is 126 Å². The Bertz CT molecular complexity index is 803. The van der Waals surface area contributed by atoms with Crippen molar-refractivity contribution in [2.24, 2.45) is 0 Å². The first-order valence-corrected chi connectivity index (χ1v) is 7.46. The number of rotatable bonds is 2. The molecule has 1 aliphatic carbocycles. The van der Waals surface area contributed by atoms with Crippen molar-refractivity contribution in [3.8, 4) is 0 Å². The Morgan fingerprint density at radius 1 is 1.45 bits per heavy atom. The van der Waals surface area contributed by atoms with Crippen LogP contribution in [0, 0.1) is 6.92 Å². The summed E-state index contributed by atoms with van der Waals surface area (Å²) in [7, 11) is 0. The summed E-state index contributed by atoms with van der Waals surface area (Å²) >= 11 is 0. The van der Waals surface area contributed by atoms with Crippen LogP contribution in [0.2, 0.25) is 0 Å². The van der Waals surface area contributed by atoms with Crippen molar-refractivity contribution in [2.45, 2.75) is 38.6 Å². The molecule has 0 spiro atoms. The summed E-state index contributed by atoms with van der Waals surface area (Å²) in [5, 5.41) is 4.05. The second kappa shape index (κ2) is 4.79. The van der Waals surface area contributed by atoms with Gasteiger partial charge in [0.25, 0.3) is 11.5 Å². The fourth-order valence-corrected chi connectivity index (χ4v) is 2.97. The molecule has 0 radical (unpaired) electrons. The maximum absolute atomic E-state index is 12.8. The van der Waals surface area contributed by atoms with Gasteiger partial charge in [-0.25, -0.2) is 4.98 Å². The predicted octanol–water partition coefficient (Wildman–Crippen LogP) is 1.14. The maximum atomic E-state index is 12.8. The first kappa shape index (κ1) is 13.2. The number of carbonyl (C=O) groups excluding carboxylic acids is 1. The van der Waals surface area contributed by atoms with E-state index < -0.39 is 0 Å². The van der Waals surface area contributed by atoms with E-state index >= 15 is 0 Å². The van der Waals surface area contributed by atoms with Gasteiger partial charge in [0.2, 0.25) is 0 Å². The minimum Gasteiger partial charge on any atom is -0.361 e. The standard InChI is InChI=1S/C15H16N4O3/c1-8-12(13(18-22-8)9-2-3-9)15(21)19-5-4-11-10(6-19)14(20)17-7-16-11/h7,9H,2-6H2,1H3,(H,16,17,20). The van der Waals surface area contributed by atoms with Gasteiger partial charge in [-0.3, -0.25) is 9.59 Å². The largest absolute Gasteiger partial charge is 0.361 e. The summed E-state index contributed by atoms with van der Waals surface area (Å²) in [6.45, 7) is 2.60. The van der Waals surface area contributed by atoms with Crippen LogP contribution >= 0.6 is 0 Å². The molecule has 2 aromatic heterocycles. The monoisotopic (exact) mass is 300 g/mol. The van der Waals surface area contributed by atoms with Gasteiger partial charge < -0.3 is 14.4 Å². The minimum absolute atomic E-state index is 0.102. The van der Waals surface area contributed by atoms with E-state index in [4.69, 9.17) is 4.52 Å². The number of nitrogens with zero attached hydrogens (tertiary/aromatic N) is 3. The Balaban J connectivity index is 1.66. The number of aromatic nitrogens is 3. The number of amides is 1. The van der Waals surface area contributed by atoms with Crippen LogP contribution in [0.1, 0.15) is 51.8 Å². The lowest BCUT2D eigenvalue weighted by atomic mass is 10.0. The molecule has 1 aliphatic heterocycles. The fourth-order valence-electron chi connectivity index (χ4n) is 2.97. The molecule has 4 rings (SSSR count). The average Bonchev–Trinajstić information content (AvgIpc) is 3.29. The predicted molar refractivity (Wildman–Crippen MR) is 76.5 cm³/mol. The van der Waals surface area contributed by atoms with Crippen molar-refractivity contribution in [3.05, 3.63) is 45.0 Å². The van der Waals surface area contributed by atoms with Gasteiger partial charge >= 0.3 is 0 Å². The minimum atomic E-state index is -0.174. The molecular weight excluding hydrogens is 284 g/mol. The summed E-state index contributed by atoms with van der Waals surface area (Å²) in [6.07, 6.45) is 4.11. The highest BCUT2D eigenvalue weighted by Gasteiger charge is 2.36. The summed E-state index contributed by atoms with van der Waals surface area (Å²) < 4.78 is 5.22. The number of hydrogen-bond acceptors (Lipinski definition) is 5. The van der Waals surface area contributed by atoms with E-state index in [2.05, 4.69) is 15.1 Å². The fraction of sp³-hybridized carbons (Fsp3) is 0.467. The Kier molecular flexibility index (Phi) is 2.88. The van der Waals surface area contributed by atoms with Gasteiger partial charge in [0, 0.05) is 18.9 Å². The molecule has 2 aliphatic rings. The van der Waals surface area contributed by atoms with E-state index in [-0.39, 0.29) is 18.0 Å². The molecule has 0 saturated heterocycles. The Hall–Kier alpha value is -2.44. The molecule has 7 nitrogen and oxygen atoms in total. The van der Waals surface area contributed by atoms with Gasteiger partial charge in [-0.15, -0.1) is 0 Å². The molecule has 114 valence electrons. The molecule has 1 fully saturated rings. The highest BCUT2D eigenvalue weighted by molar-refractivity contribution is 5.96. The van der Waals surface area contributed by atoms with Crippen molar-refractivity contribution >= 4 is 5.91 Å². The molecule has 0 aromatic carbocycles. The SMILES string of the molecule is Cc1onc(C2CC2)c1C(=O)N1CCc2nc[nH]c(=O)c2C1. The highest BCUT2D eigenvalue weighted by Crippen LogP contribution is 2.42. The lowest BCUT2D eigenvalue weighted by Gasteiger charge is -2.27. The number of aryl methyl sites for hydroxylation is 1. The lowest BCUT2D eigenvalue weighted by Crippen LogP contribution is -2.39. The topological polar surface area (TPSA) is 92.1 Å². The third-order valence-corrected chi connectivity index (χ3v) is 4.36. The average molecular weight is 300 g/mol. The van der Waals surface area contributed by atoms with E-state index in [1.807, 2.05) is 0 Å². The van der Waals surface area contributed by atoms with E-state index in [9.17, 15) is 9.59 Å². The van der Waals surface area contributed by atoms with Gasteiger partial charge in [0.15, 0.2) is 0 Å². The van der Waals surface area contributed by atoms with Crippen LogP contribution in [-0.2, 0) is 13.0 Å². The van der Waals surface area contributed by atoms with E-state index in [1.165, 1.54) is 6.33 Å². The van der Waals surface area contributed by atoms with Gasteiger partial charge in [-0.1, -0.05) is 5.16 Å².